The molecule has 1 aromatic heterocycles. The van der Waals surface area contributed by atoms with E-state index in [2.05, 4.69) is 15.0 Å². The molecule has 19 heavy (non-hydrogen) atoms. The number of rotatable bonds is 3. The number of anilines is 1. The number of piperidine rings is 1. The van der Waals surface area contributed by atoms with Crippen molar-refractivity contribution in [2.24, 2.45) is 5.92 Å². The van der Waals surface area contributed by atoms with Crippen LogP contribution in [-0.2, 0) is 9.59 Å². The fourth-order valence-electron chi connectivity index (χ4n) is 1.88. The zero-order valence-electron chi connectivity index (χ0n) is 10.2. The number of nitrogens with one attached hydrogen (secondary N) is 2. The number of hydrogen-bond acceptors (Lipinski definition) is 5. The molecule has 2 amide bonds. The van der Waals surface area contributed by atoms with E-state index in [9.17, 15) is 14.4 Å². The first-order valence-corrected chi connectivity index (χ1v) is 6.53. The van der Waals surface area contributed by atoms with Crippen LogP contribution < -0.4 is 10.6 Å². The molecule has 0 radical (unpaired) electrons. The number of amides is 2. The second kappa shape index (κ2) is 5.35. The Bertz CT molecular complexity index is 530. The van der Waals surface area contributed by atoms with E-state index in [1.165, 1.54) is 0 Å². The number of nitrogens with zero attached hydrogens (tertiary/aromatic N) is 1. The van der Waals surface area contributed by atoms with Crippen LogP contribution in [0.2, 0.25) is 0 Å². The Morgan fingerprint density at radius 3 is 2.84 bits per heavy atom. The number of hydrogen-bond donors (Lipinski definition) is 3. The van der Waals surface area contributed by atoms with Crippen molar-refractivity contribution >= 4 is 34.3 Å². The molecule has 1 aliphatic rings. The quantitative estimate of drug-likeness (QED) is 0.753. The zero-order valence-corrected chi connectivity index (χ0v) is 11.0. The Labute approximate surface area is 113 Å². The van der Waals surface area contributed by atoms with Crippen molar-refractivity contribution in [2.75, 3.05) is 11.9 Å². The van der Waals surface area contributed by atoms with Crippen molar-refractivity contribution in [3.05, 3.63) is 11.3 Å². The predicted octanol–water partition coefficient (Wildman–Crippen LogP) is 0.614. The summed E-state index contributed by atoms with van der Waals surface area (Å²) >= 11 is 0.947. The van der Waals surface area contributed by atoms with Gasteiger partial charge in [0.25, 0.3) is 0 Å². The molecule has 2 rings (SSSR count). The number of carboxylic acids is 1. The summed E-state index contributed by atoms with van der Waals surface area (Å²) in [6.07, 6.45) is 0.781. The van der Waals surface area contributed by atoms with Crippen LogP contribution in [0.25, 0.3) is 0 Å². The van der Waals surface area contributed by atoms with Gasteiger partial charge in [-0.25, -0.2) is 4.79 Å². The highest BCUT2D eigenvalue weighted by Crippen LogP contribution is 2.25. The molecule has 0 spiro atoms. The van der Waals surface area contributed by atoms with Gasteiger partial charge in [0, 0.05) is 13.0 Å². The van der Waals surface area contributed by atoms with Crippen molar-refractivity contribution in [1.82, 2.24) is 9.69 Å². The maximum atomic E-state index is 12.0. The number of carboxylic acid groups (broad SMARTS) is 1. The van der Waals surface area contributed by atoms with Crippen LogP contribution in [0.3, 0.4) is 0 Å². The van der Waals surface area contributed by atoms with E-state index in [1.807, 2.05) is 0 Å². The molecule has 1 saturated heterocycles. The van der Waals surface area contributed by atoms with Gasteiger partial charge < -0.3 is 15.7 Å². The lowest BCUT2D eigenvalue weighted by molar-refractivity contribution is -0.126. The highest BCUT2D eigenvalue weighted by Gasteiger charge is 2.27. The van der Waals surface area contributed by atoms with E-state index >= 15 is 0 Å². The van der Waals surface area contributed by atoms with E-state index in [0.717, 1.165) is 11.5 Å². The monoisotopic (exact) mass is 283 g/mol. The molecule has 3 N–H and O–H groups in total. The average molecular weight is 283 g/mol. The van der Waals surface area contributed by atoms with Gasteiger partial charge in [-0.15, -0.1) is 0 Å². The second-order valence-corrected chi connectivity index (χ2v) is 5.08. The van der Waals surface area contributed by atoms with Crippen molar-refractivity contribution in [2.45, 2.75) is 19.8 Å². The van der Waals surface area contributed by atoms with Crippen LogP contribution in [0, 0.1) is 12.8 Å². The standard InChI is InChI=1S/C11H13N3O4S/c1-5-8(11(17)18)10(19-14-5)13-9(16)6-2-3-7(15)12-4-6/h6H,2-4H2,1H3,(H,12,15)(H,13,16)(H,17,18). The molecule has 2 heterocycles. The lowest BCUT2D eigenvalue weighted by Gasteiger charge is -2.21. The molecule has 1 fully saturated rings. The summed E-state index contributed by atoms with van der Waals surface area (Å²) in [5.74, 6) is -1.80. The smallest absolute Gasteiger partial charge is 0.340 e. The summed E-state index contributed by atoms with van der Waals surface area (Å²) < 4.78 is 3.92. The topological polar surface area (TPSA) is 108 Å². The lowest BCUT2D eigenvalue weighted by Crippen LogP contribution is -2.40. The Hall–Kier alpha value is -1.96. The third kappa shape index (κ3) is 2.90. The molecule has 7 nitrogen and oxygen atoms in total. The minimum absolute atomic E-state index is 0.0261. The number of carbonyl (C=O) groups excluding carboxylic acids is 2. The van der Waals surface area contributed by atoms with Crippen molar-refractivity contribution in [3.8, 4) is 0 Å². The number of carbonyl (C=O) groups is 3. The first-order valence-electron chi connectivity index (χ1n) is 5.76. The summed E-state index contributed by atoms with van der Waals surface area (Å²) in [5.41, 5.74) is 0.406. The summed E-state index contributed by atoms with van der Waals surface area (Å²) in [6.45, 7) is 1.86. The maximum absolute atomic E-state index is 12.0. The third-order valence-corrected chi connectivity index (χ3v) is 3.80. The van der Waals surface area contributed by atoms with Crippen LogP contribution in [0.5, 0.6) is 0 Å². The normalized spacial score (nSPS) is 18.8. The van der Waals surface area contributed by atoms with E-state index in [-0.39, 0.29) is 34.8 Å². The Kier molecular flexibility index (Phi) is 3.79. The van der Waals surface area contributed by atoms with Gasteiger partial charge in [0.1, 0.15) is 10.6 Å². The van der Waals surface area contributed by atoms with Gasteiger partial charge in [0.15, 0.2) is 0 Å². The van der Waals surface area contributed by atoms with Gasteiger partial charge >= 0.3 is 5.97 Å². The Morgan fingerprint density at radius 1 is 1.53 bits per heavy atom. The minimum Gasteiger partial charge on any atom is -0.478 e. The summed E-state index contributed by atoms with van der Waals surface area (Å²) in [6, 6.07) is 0. The first-order chi connectivity index (χ1) is 8.99. The van der Waals surface area contributed by atoms with Gasteiger partial charge in [-0.1, -0.05) is 0 Å². The fourth-order valence-corrected chi connectivity index (χ4v) is 2.67. The van der Waals surface area contributed by atoms with Crippen LogP contribution in [0.4, 0.5) is 5.00 Å². The van der Waals surface area contributed by atoms with Crippen LogP contribution in [0.15, 0.2) is 0 Å². The van der Waals surface area contributed by atoms with Crippen molar-refractivity contribution < 1.29 is 19.5 Å². The average Bonchev–Trinajstić information content (AvgIpc) is 2.71. The van der Waals surface area contributed by atoms with Gasteiger partial charge in [0.05, 0.1) is 11.6 Å². The molecule has 1 aliphatic heterocycles. The lowest BCUT2D eigenvalue weighted by atomic mass is 9.98. The zero-order chi connectivity index (χ0) is 14.0. The van der Waals surface area contributed by atoms with E-state index in [0.29, 0.717) is 18.5 Å². The van der Waals surface area contributed by atoms with Crippen LogP contribution in [0.1, 0.15) is 28.9 Å². The van der Waals surface area contributed by atoms with Gasteiger partial charge in [-0.2, -0.15) is 4.37 Å². The molecular formula is C11H13N3O4S. The van der Waals surface area contributed by atoms with E-state index in [4.69, 9.17) is 5.11 Å². The predicted molar refractivity (Wildman–Crippen MR) is 68.2 cm³/mol. The SMILES string of the molecule is Cc1nsc(NC(=O)C2CCC(=O)NC2)c1C(=O)O. The largest absolute Gasteiger partial charge is 0.478 e. The van der Waals surface area contributed by atoms with E-state index < -0.39 is 5.97 Å². The summed E-state index contributed by atoms with van der Waals surface area (Å²) in [7, 11) is 0. The second-order valence-electron chi connectivity index (χ2n) is 4.31. The number of aryl methyl sites for hydroxylation is 1. The van der Waals surface area contributed by atoms with Gasteiger partial charge in [0.2, 0.25) is 11.8 Å². The van der Waals surface area contributed by atoms with Crippen molar-refractivity contribution in [3.63, 3.8) is 0 Å². The molecule has 1 unspecified atom stereocenters. The molecule has 1 atom stereocenters. The molecule has 0 saturated carbocycles. The van der Waals surface area contributed by atoms with Crippen molar-refractivity contribution in [1.29, 1.82) is 0 Å². The molecule has 0 aromatic carbocycles. The number of aromatic carboxylic acids is 1. The van der Waals surface area contributed by atoms with Crippen LogP contribution in [-0.4, -0.2) is 33.8 Å². The maximum Gasteiger partial charge on any atom is 0.340 e. The molecule has 8 heteroatoms. The molecule has 102 valence electrons. The van der Waals surface area contributed by atoms with Gasteiger partial charge in [-0.05, 0) is 24.9 Å². The molecule has 0 bridgehead atoms. The third-order valence-electron chi connectivity index (χ3n) is 2.95. The molecular weight excluding hydrogens is 270 g/mol. The van der Waals surface area contributed by atoms with Gasteiger partial charge in [-0.3, -0.25) is 9.59 Å². The fraction of sp³-hybridized carbons (Fsp3) is 0.455. The van der Waals surface area contributed by atoms with E-state index in [1.54, 1.807) is 6.92 Å². The number of aromatic nitrogens is 1. The minimum atomic E-state index is -1.11. The first kappa shape index (κ1) is 13.5. The van der Waals surface area contributed by atoms with Crippen LogP contribution >= 0.6 is 11.5 Å². The summed E-state index contributed by atoms with van der Waals surface area (Å²) in [4.78, 5) is 34.1. The highest BCUT2D eigenvalue weighted by molar-refractivity contribution is 7.11. The Morgan fingerprint density at radius 2 is 2.26 bits per heavy atom. The highest BCUT2D eigenvalue weighted by atomic mass is 32.1. The summed E-state index contributed by atoms with van der Waals surface area (Å²) in [5, 5.41) is 14.5. The Balaban J connectivity index is 2.07. The molecule has 1 aromatic rings. The molecule has 0 aliphatic carbocycles.